The Morgan fingerprint density at radius 2 is 2.25 bits per heavy atom. The smallest absolute Gasteiger partial charge is 0.137 e. The quantitative estimate of drug-likeness (QED) is 0.847. The number of nitrogens with one attached hydrogen (secondary N) is 1. The van der Waals surface area contributed by atoms with Gasteiger partial charge in [0.05, 0.1) is 15.0 Å². The van der Waals surface area contributed by atoms with E-state index in [1.165, 1.54) is 17.6 Å². The van der Waals surface area contributed by atoms with Gasteiger partial charge in [-0.2, -0.15) is 0 Å². The van der Waals surface area contributed by atoms with E-state index in [1.807, 2.05) is 13.0 Å². The Morgan fingerprint density at radius 3 is 2.90 bits per heavy atom. The molecule has 0 aliphatic rings. The van der Waals surface area contributed by atoms with Crippen LogP contribution in [-0.2, 0) is 6.42 Å². The van der Waals surface area contributed by atoms with E-state index in [0.29, 0.717) is 10.9 Å². The van der Waals surface area contributed by atoms with Gasteiger partial charge in [-0.1, -0.05) is 23.5 Å². The van der Waals surface area contributed by atoms with Crippen LogP contribution in [0.15, 0.2) is 22.7 Å². The van der Waals surface area contributed by atoms with Gasteiger partial charge < -0.3 is 5.32 Å². The molecule has 0 saturated carbocycles. The van der Waals surface area contributed by atoms with Gasteiger partial charge in [-0.15, -0.1) is 5.10 Å². The van der Waals surface area contributed by atoms with Crippen molar-refractivity contribution in [3.05, 3.63) is 44.6 Å². The van der Waals surface area contributed by atoms with Crippen LogP contribution in [0.2, 0.25) is 0 Å². The first-order valence-corrected chi connectivity index (χ1v) is 8.15. The Hall–Kier alpha value is -0.850. The third-order valence-corrected chi connectivity index (χ3v) is 4.93. The highest BCUT2D eigenvalue weighted by molar-refractivity contribution is 9.10. The molecule has 1 aromatic heterocycles. The number of nitrogens with zero attached hydrogens (tertiary/aromatic N) is 2. The average molecular weight is 358 g/mol. The second-order valence-corrected chi connectivity index (χ2v) is 6.23. The van der Waals surface area contributed by atoms with Crippen molar-refractivity contribution in [3.8, 4) is 0 Å². The molecule has 1 heterocycles. The van der Waals surface area contributed by atoms with Gasteiger partial charge in [0.25, 0.3) is 0 Å². The summed E-state index contributed by atoms with van der Waals surface area (Å²) in [6.45, 7) is 5.00. The third kappa shape index (κ3) is 3.62. The van der Waals surface area contributed by atoms with Crippen molar-refractivity contribution in [1.29, 1.82) is 0 Å². The number of benzene rings is 1. The molecule has 3 nitrogen and oxygen atoms in total. The summed E-state index contributed by atoms with van der Waals surface area (Å²) in [4.78, 5) is 1.12. The maximum Gasteiger partial charge on any atom is 0.137 e. The van der Waals surface area contributed by atoms with Crippen molar-refractivity contribution in [2.45, 2.75) is 32.7 Å². The topological polar surface area (TPSA) is 37.8 Å². The van der Waals surface area contributed by atoms with Crippen LogP contribution in [0, 0.1) is 12.7 Å². The van der Waals surface area contributed by atoms with E-state index < -0.39 is 0 Å². The highest BCUT2D eigenvalue weighted by atomic mass is 79.9. The maximum absolute atomic E-state index is 13.6. The van der Waals surface area contributed by atoms with Crippen LogP contribution in [0.5, 0.6) is 0 Å². The zero-order chi connectivity index (χ0) is 14.5. The van der Waals surface area contributed by atoms with Gasteiger partial charge in [-0.3, -0.25) is 0 Å². The van der Waals surface area contributed by atoms with Crippen LogP contribution in [0.25, 0.3) is 0 Å². The summed E-state index contributed by atoms with van der Waals surface area (Å²) in [5, 5.41) is 7.56. The van der Waals surface area contributed by atoms with Crippen molar-refractivity contribution in [3.63, 3.8) is 0 Å². The molecule has 0 fully saturated rings. The Bertz CT molecular complexity index is 573. The lowest BCUT2D eigenvalue weighted by Crippen LogP contribution is -2.24. The fraction of sp³-hybridized carbons (Fsp3) is 0.429. The lowest BCUT2D eigenvalue weighted by atomic mass is 10.0. The van der Waals surface area contributed by atoms with E-state index in [-0.39, 0.29) is 11.9 Å². The molecule has 2 rings (SSSR count). The standard InChI is InChI=1S/C14H17BrFN3S/c1-3-7-17-12(14-9(2)18-19-20-14)8-10-5-4-6-11(16)13(10)15/h4-6,12,17H,3,7-8H2,1-2H3. The highest BCUT2D eigenvalue weighted by Gasteiger charge is 2.19. The van der Waals surface area contributed by atoms with Crippen molar-refractivity contribution in [2.24, 2.45) is 0 Å². The van der Waals surface area contributed by atoms with Crippen LogP contribution in [0.1, 0.15) is 35.5 Å². The predicted molar refractivity (Wildman–Crippen MR) is 83.5 cm³/mol. The minimum atomic E-state index is -0.226. The van der Waals surface area contributed by atoms with Crippen LogP contribution < -0.4 is 5.32 Å². The lowest BCUT2D eigenvalue weighted by Gasteiger charge is -2.18. The molecule has 1 unspecified atom stereocenters. The predicted octanol–water partition coefficient (Wildman–Crippen LogP) is 4.03. The Morgan fingerprint density at radius 1 is 1.45 bits per heavy atom. The van der Waals surface area contributed by atoms with Crippen LogP contribution >= 0.6 is 27.5 Å². The molecule has 0 saturated heterocycles. The normalized spacial score (nSPS) is 12.6. The minimum Gasteiger partial charge on any atom is -0.309 e. The molecule has 0 aliphatic carbocycles. The van der Waals surface area contributed by atoms with Gasteiger partial charge in [0.15, 0.2) is 0 Å². The number of aromatic nitrogens is 2. The van der Waals surface area contributed by atoms with E-state index in [4.69, 9.17) is 0 Å². The summed E-state index contributed by atoms with van der Waals surface area (Å²) in [6.07, 6.45) is 1.76. The first-order valence-electron chi connectivity index (χ1n) is 6.58. The highest BCUT2D eigenvalue weighted by Crippen LogP contribution is 2.28. The number of halogens is 2. The minimum absolute atomic E-state index is 0.119. The average Bonchev–Trinajstić information content (AvgIpc) is 2.85. The van der Waals surface area contributed by atoms with Crippen LogP contribution in [0.4, 0.5) is 4.39 Å². The molecule has 1 N–H and O–H groups in total. The summed E-state index contributed by atoms with van der Waals surface area (Å²) in [6, 6.07) is 5.26. The van der Waals surface area contributed by atoms with Gasteiger partial charge >= 0.3 is 0 Å². The summed E-state index contributed by atoms with van der Waals surface area (Å²) in [5.74, 6) is -0.226. The second-order valence-electron chi connectivity index (χ2n) is 4.65. The van der Waals surface area contributed by atoms with Crippen molar-refractivity contribution in [1.82, 2.24) is 14.9 Å². The summed E-state index contributed by atoms with van der Waals surface area (Å²) >= 11 is 4.73. The zero-order valence-electron chi connectivity index (χ0n) is 11.5. The second kappa shape index (κ2) is 7.24. The molecule has 1 atom stereocenters. The Balaban J connectivity index is 2.24. The van der Waals surface area contributed by atoms with Crippen molar-refractivity contribution >= 4 is 27.5 Å². The van der Waals surface area contributed by atoms with Gasteiger partial charge in [-0.05, 0) is 65.4 Å². The molecule has 0 bridgehead atoms. The molecular formula is C14H17BrFN3S. The summed E-state index contributed by atoms with van der Waals surface area (Å²) in [7, 11) is 0. The van der Waals surface area contributed by atoms with Crippen molar-refractivity contribution < 1.29 is 4.39 Å². The first-order chi connectivity index (χ1) is 9.63. The van der Waals surface area contributed by atoms with Gasteiger partial charge in [0.1, 0.15) is 5.82 Å². The molecule has 0 aliphatic heterocycles. The maximum atomic E-state index is 13.6. The Kier molecular flexibility index (Phi) is 5.63. The van der Waals surface area contributed by atoms with Gasteiger partial charge in [0, 0.05) is 6.04 Å². The number of hydrogen-bond acceptors (Lipinski definition) is 4. The van der Waals surface area contributed by atoms with E-state index in [2.05, 4.69) is 37.8 Å². The number of hydrogen-bond donors (Lipinski definition) is 1. The molecular weight excluding hydrogens is 341 g/mol. The molecule has 1 aromatic carbocycles. The van der Waals surface area contributed by atoms with Gasteiger partial charge in [-0.25, -0.2) is 4.39 Å². The Labute approximate surface area is 130 Å². The molecule has 6 heteroatoms. The summed E-state index contributed by atoms with van der Waals surface area (Å²) in [5.41, 5.74) is 1.89. The van der Waals surface area contributed by atoms with Crippen LogP contribution in [0.3, 0.4) is 0 Å². The largest absolute Gasteiger partial charge is 0.309 e. The summed E-state index contributed by atoms with van der Waals surface area (Å²) < 4.78 is 18.2. The molecule has 108 valence electrons. The van der Waals surface area contributed by atoms with E-state index in [0.717, 1.165) is 29.1 Å². The molecule has 2 aromatic rings. The van der Waals surface area contributed by atoms with E-state index >= 15 is 0 Å². The molecule has 20 heavy (non-hydrogen) atoms. The van der Waals surface area contributed by atoms with E-state index in [9.17, 15) is 4.39 Å². The lowest BCUT2D eigenvalue weighted by molar-refractivity contribution is 0.530. The fourth-order valence-corrected chi connectivity index (χ4v) is 3.20. The molecule has 0 spiro atoms. The van der Waals surface area contributed by atoms with Crippen LogP contribution in [-0.4, -0.2) is 16.1 Å². The third-order valence-electron chi connectivity index (χ3n) is 3.10. The van der Waals surface area contributed by atoms with Crippen molar-refractivity contribution in [2.75, 3.05) is 6.54 Å². The first kappa shape index (κ1) is 15.5. The number of rotatable bonds is 6. The van der Waals surface area contributed by atoms with Gasteiger partial charge in [0.2, 0.25) is 0 Å². The molecule has 0 amide bonds. The molecule has 0 radical (unpaired) electrons. The number of aryl methyl sites for hydroxylation is 1. The SMILES string of the molecule is CCCNC(Cc1cccc(F)c1Br)c1snnc1C. The van der Waals surface area contributed by atoms with E-state index in [1.54, 1.807) is 6.07 Å². The zero-order valence-corrected chi connectivity index (χ0v) is 13.9. The monoisotopic (exact) mass is 357 g/mol. The fourth-order valence-electron chi connectivity index (χ4n) is 2.06.